The van der Waals surface area contributed by atoms with Crippen LogP contribution in [0.15, 0.2) is 80.8 Å². The van der Waals surface area contributed by atoms with Crippen molar-refractivity contribution < 1.29 is 4.52 Å². The molecule has 0 aliphatic heterocycles. The standard InChI is InChI=1S/C25H19ClN4O3/c1-15-10-16(2)12-19(11-15)30-24(31)20-8-3-4-9-21(20)29(25(30)32)14-22-27-23(28-33-22)17-6-5-7-18(26)13-17/h3-13H,14H2,1-2H3. The maximum atomic E-state index is 13.6. The first-order valence-electron chi connectivity index (χ1n) is 10.3. The first-order chi connectivity index (χ1) is 15.9. The Hall–Kier alpha value is -3.97. The number of aromatic nitrogens is 4. The van der Waals surface area contributed by atoms with Crippen molar-refractivity contribution in [1.29, 1.82) is 0 Å². The van der Waals surface area contributed by atoms with Gasteiger partial charge in [0.1, 0.15) is 6.54 Å². The van der Waals surface area contributed by atoms with E-state index in [1.54, 1.807) is 42.5 Å². The Morgan fingerprint density at radius 1 is 0.939 bits per heavy atom. The average molecular weight is 459 g/mol. The molecule has 5 aromatic rings. The maximum Gasteiger partial charge on any atom is 0.336 e. The molecule has 5 rings (SSSR count). The lowest BCUT2D eigenvalue weighted by Crippen LogP contribution is -2.39. The number of hydrogen-bond acceptors (Lipinski definition) is 5. The molecule has 0 amide bonds. The van der Waals surface area contributed by atoms with E-state index in [-0.39, 0.29) is 18.0 Å². The highest BCUT2D eigenvalue weighted by Gasteiger charge is 2.17. The van der Waals surface area contributed by atoms with Crippen molar-refractivity contribution >= 4 is 22.5 Å². The van der Waals surface area contributed by atoms with Crippen molar-refractivity contribution in [3.63, 3.8) is 0 Å². The van der Waals surface area contributed by atoms with Crippen LogP contribution < -0.4 is 11.2 Å². The van der Waals surface area contributed by atoms with Gasteiger partial charge in [-0.25, -0.2) is 9.36 Å². The fourth-order valence-corrected chi connectivity index (χ4v) is 4.17. The molecule has 33 heavy (non-hydrogen) atoms. The second-order valence-electron chi connectivity index (χ2n) is 7.89. The smallest absolute Gasteiger partial charge is 0.336 e. The lowest BCUT2D eigenvalue weighted by atomic mass is 10.1. The van der Waals surface area contributed by atoms with E-state index in [0.29, 0.717) is 33.0 Å². The zero-order valence-electron chi connectivity index (χ0n) is 17.9. The highest BCUT2D eigenvalue weighted by molar-refractivity contribution is 6.30. The van der Waals surface area contributed by atoms with E-state index in [2.05, 4.69) is 10.1 Å². The number of fused-ring (bicyclic) bond motifs is 1. The molecular formula is C25H19ClN4O3. The number of para-hydroxylation sites is 1. The van der Waals surface area contributed by atoms with Gasteiger partial charge in [-0.05, 0) is 61.4 Å². The quantitative estimate of drug-likeness (QED) is 0.395. The molecule has 0 unspecified atom stereocenters. The molecule has 2 heterocycles. The van der Waals surface area contributed by atoms with E-state index in [1.807, 2.05) is 38.1 Å². The predicted molar refractivity (Wildman–Crippen MR) is 127 cm³/mol. The van der Waals surface area contributed by atoms with Gasteiger partial charge in [-0.1, -0.05) is 47.1 Å². The molecular weight excluding hydrogens is 440 g/mol. The summed E-state index contributed by atoms with van der Waals surface area (Å²) in [5.41, 5.74) is 2.78. The van der Waals surface area contributed by atoms with E-state index in [9.17, 15) is 9.59 Å². The van der Waals surface area contributed by atoms with Gasteiger partial charge in [-0.2, -0.15) is 4.98 Å². The highest BCUT2D eigenvalue weighted by atomic mass is 35.5. The van der Waals surface area contributed by atoms with Crippen LogP contribution in [0.25, 0.3) is 28.0 Å². The summed E-state index contributed by atoms with van der Waals surface area (Å²) >= 11 is 6.07. The second kappa shape index (κ2) is 8.18. The second-order valence-corrected chi connectivity index (χ2v) is 8.33. The molecule has 8 heteroatoms. The first-order valence-corrected chi connectivity index (χ1v) is 10.7. The summed E-state index contributed by atoms with van der Waals surface area (Å²) in [4.78, 5) is 31.3. The van der Waals surface area contributed by atoms with E-state index in [0.717, 1.165) is 11.1 Å². The van der Waals surface area contributed by atoms with Gasteiger partial charge < -0.3 is 4.52 Å². The van der Waals surface area contributed by atoms with Crippen LogP contribution in [0.5, 0.6) is 0 Å². The molecule has 0 aliphatic rings. The number of halogens is 1. The van der Waals surface area contributed by atoms with Crippen LogP contribution in [0.2, 0.25) is 5.02 Å². The normalized spacial score (nSPS) is 11.2. The monoisotopic (exact) mass is 458 g/mol. The summed E-state index contributed by atoms with van der Waals surface area (Å²) in [6, 6.07) is 19.7. The lowest BCUT2D eigenvalue weighted by Gasteiger charge is -2.13. The molecule has 7 nitrogen and oxygen atoms in total. The Kier molecular flexibility index (Phi) is 5.18. The third-order valence-electron chi connectivity index (χ3n) is 5.36. The Balaban J connectivity index is 1.68. The molecule has 0 fully saturated rings. The fourth-order valence-electron chi connectivity index (χ4n) is 3.98. The van der Waals surface area contributed by atoms with Crippen LogP contribution in [0.3, 0.4) is 0 Å². The number of rotatable bonds is 4. The van der Waals surface area contributed by atoms with E-state index in [1.165, 1.54) is 9.13 Å². The number of hydrogen-bond donors (Lipinski definition) is 0. The van der Waals surface area contributed by atoms with Gasteiger partial charge in [0.15, 0.2) is 0 Å². The molecule has 0 bridgehead atoms. The van der Waals surface area contributed by atoms with Gasteiger partial charge in [0, 0.05) is 10.6 Å². The van der Waals surface area contributed by atoms with Gasteiger partial charge in [0.25, 0.3) is 5.56 Å². The minimum atomic E-state index is -0.480. The van der Waals surface area contributed by atoms with Crippen molar-refractivity contribution in [2.45, 2.75) is 20.4 Å². The summed E-state index contributed by atoms with van der Waals surface area (Å²) in [5.74, 6) is 0.607. The van der Waals surface area contributed by atoms with E-state index in [4.69, 9.17) is 16.1 Å². The van der Waals surface area contributed by atoms with Gasteiger partial charge >= 0.3 is 5.69 Å². The topological polar surface area (TPSA) is 82.9 Å². The zero-order chi connectivity index (χ0) is 23.1. The molecule has 3 aromatic carbocycles. The summed E-state index contributed by atoms with van der Waals surface area (Å²) in [6.45, 7) is 3.87. The van der Waals surface area contributed by atoms with Crippen molar-refractivity contribution in [3.8, 4) is 17.1 Å². The third-order valence-corrected chi connectivity index (χ3v) is 5.59. The molecule has 164 valence electrons. The van der Waals surface area contributed by atoms with Crippen molar-refractivity contribution in [2.75, 3.05) is 0 Å². The SMILES string of the molecule is Cc1cc(C)cc(-n2c(=O)c3ccccc3n(Cc3nc(-c4cccc(Cl)c4)no3)c2=O)c1. The van der Waals surface area contributed by atoms with Crippen molar-refractivity contribution in [2.24, 2.45) is 0 Å². The van der Waals surface area contributed by atoms with Gasteiger partial charge in [0.2, 0.25) is 11.7 Å². The van der Waals surface area contributed by atoms with E-state index >= 15 is 0 Å². The number of aryl methyl sites for hydroxylation is 2. The first kappa shape index (κ1) is 20.9. The molecule has 0 N–H and O–H groups in total. The summed E-state index contributed by atoms with van der Waals surface area (Å²) < 4.78 is 8.10. The zero-order valence-corrected chi connectivity index (χ0v) is 18.7. The Morgan fingerprint density at radius 2 is 1.70 bits per heavy atom. The predicted octanol–water partition coefficient (Wildman–Crippen LogP) is 4.52. The fraction of sp³-hybridized carbons (Fsp3) is 0.120. The Bertz CT molecular complexity index is 1610. The van der Waals surface area contributed by atoms with Crippen LogP contribution in [0.4, 0.5) is 0 Å². The van der Waals surface area contributed by atoms with Crippen LogP contribution in [0.1, 0.15) is 17.0 Å². The average Bonchev–Trinajstić information content (AvgIpc) is 3.25. The third kappa shape index (κ3) is 3.87. The lowest BCUT2D eigenvalue weighted by molar-refractivity contribution is 0.370. The summed E-state index contributed by atoms with van der Waals surface area (Å²) in [5, 5.41) is 5.01. The van der Waals surface area contributed by atoms with Crippen LogP contribution in [-0.2, 0) is 6.54 Å². The minimum absolute atomic E-state index is 0.0119. The highest BCUT2D eigenvalue weighted by Crippen LogP contribution is 2.20. The van der Waals surface area contributed by atoms with Gasteiger partial charge in [-0.15, -0.1) is 0 Å². The van der Waals surface area contributed by atoms with Crippen molar-refractivity contribution in [3.05, 3.63) is 110 Å². The van der Waals surface area contributed by atoms with Gasteiger partial charge in [0.05, 0.1) is 16.6 Å². The molecule has 0 radical (unpaired) electrons. The molecule has 0 saturated heterocycles. The Morgan fingerprint density at radius 3 is 2.45 bits per heavy atom. The molecule has 0 saturated carbocycles. The summed E-state index contributed by atoms with van der Waals surface area (Å²) in [6.07, 6.45) is 0. The molecule has 0 aliphatic carbocycles. The van der Waals surface area contributed by atoms with Gasteiger partial charge in [-0.3, -0.25) is 9.36 Å². The summed E-state index contributed by atoms with van der Waals surface area (Å²) in [7, 11) is 0. The van der Waals surface area contributed by atoms with E-state index < -0.39 is 5.69 Å². The van der Waals surface area contributed by atoms with Crippen LogP contribution >= 0.6 is 11.6 Å². The van der Waals surface area contributed by atoms with Crippen LogP contribution in [-0.4, -0.2) is 19.3 Å². The molecule has 0 spiro atoms. The maximum absolute atomic E-state index is 13.6. The largest absolute Gasteiger partial charge is 0.337 e. The number of benzene rings is 3. The minimum Gasteiger partial charge on any atom is -0.337 e. The Labute approximate surface area is 193 Å². The molecule has 2 aromatic heterocycles. The molecule has 0 atom stereocenters. The van der Waals surface area contributed by atoms with Crippen molar-refractivity contribution in [1.82, 2.24) is 19.3 Å². The van der Waals surface area contributed by atoms with Crippen LogP contribution in [0, 0.1) is 13.8 Å². The number of nitrogens with zero attached hydrogens (tertiary/aromatic N) is 4.